The second-order valence-corrected chi connectivity index (χ2v) is 9.49. The van der Waals surface area contributed by atoms with E-state index in [1.807, 2.05) is 0 Å². The number of hydrogen-bond acceptors (Lipinski definition) is 4. The molecule has 0 spiro atoms. The van der Waals surface area contributed by atoms with Crippen LogP contribution in [-0.4, -0.2) is 40.2 Å². The van der Waals surface area contributed by atoms with Crippen molar-refractivity contribution in [3.05, 3.63) is 41.6 Å². The Balaban J connectivity index is 1.58. The summed E-state index contributed by atoms with van der Waals surface area (Å²) in [7, 11) is 0. The standard InChI is InChI=1S/C25H32F3N5O2/c26-25(27,28)20-11-4-3-10-19(20)22-15-21(32-33(22)18-8-1-2-9-18)24(35)31-17(12-13-29)14-23(34)30-16-6-5-7-16/h3-4,10-11,15-18H,1-2,5-9,12-14,29H2,(H,30,34)(H,31,35). The molecule has 7 nitrogen and oxygen atoms in total. The van der Waals surface area contributed by atoms with Crippen molar-refractivity contribution < 1.29 is 22.8 Å². The highest BCUT2D eigenvalue weighted by Crippen LogP contribution is 2.40. The normalized spacial score (nSPS) is 17.7. The lowest BCUT2D eigenvalue weighted by atomic mass is 9.93. The molecule has 0 radical (unpaired) electrons. The maximum Gasteiger partial charge on any atom is 0.417 e. The van der Waals surface area contributed by atoms with Crippen LogP contribution in [-0.2, 0) is 11.0 Å². The molecule has 190 valence electrons. The highest BCUT2D eigenvalue weighted by molar-refractivity contribution is 5.94. The topological polar surface area (TPSA) is 102 Å². The number of nitrogens with two attached hydrogens (primary N) is 1. The first-order chi connectivity index (χ1) is 16.8. The first kappa shape index (κ1) is 25.2. The molecule has 0 saturated heterocycles. The highest BCUT2D eigenvalue weighted by atomic mass is 19.4. The molecule has 1 atom stereocenters. The lowest BCUT2D eigenvalue weighted by molar-refractivity contribution is -0.137. The summed E-state index contributed by atoms with van der Waals surface area (Å²) in [4.78, 5) is 25.5. The second kappa shape index (κ2) is 10.8. The van der Waals surface area contributed by atoms with Crippen molar-refractivity contribution in [3.63, 3.8) is 0 Å². The number of nitrogens with zero attached hydrogens (tertiary/aromatic N) is 2. The van der Waals surface area contributed by atoms with Gasteiger partial charge in [0.2, 0.25) is 5.91 Å². The molecule has 2 aliphatic carbocycles. The third-order valence-corrected chi connectivity index (χ3v) is 6.90. The summed E-state index contributed by atoms with van der Waals surface area (Å²) in [5, 5.41) is 10.2. The average molecular weight is 492 g/mol. The molecule has 1 unspecified atom stereocenters. The maximum atomic E-state index is 13.7. The molecule has 2 amide bonds. The van der Waals surface area contributed by atoms with Gasteiger partial charge in [0.15, 0.2) is 5.69 Å². The monoisotopic (exact) mass is 491 g/mol. The number of halogens is 3. The second-order valence-electron chi connectivity index (χ2n) is 9.49. The largest absolute Gasteiger partial charge is 0.417 e. The predicted octanol–water partition coefficient (Wildman–Crippen LogP) is 4.19. The van der Waals surface area contributed by atoms with Crippen molar-refractivity contribution in [1.82, 2.24) is 20.4 Å². The molecular weight excluding hydrogens is 459 g/mol. The lowest BCUT2D eigenvalue weighted by Crippen LogP contribution is -2.44. The third-order valence-electron chi connectivity index (χ3n) is 6.90. The Labute approximate surface area is 202 Å². The highest BCUT2D eigenvalue weighted by Gasteiger charge is 2.35. The number of aromatic nitrogens is 2. The van der Waals surface area contributed by atoms with E-state index in [-0.39, 0.29) is 47.9 Å². The van der Waals surface area contributed by atoms with Gasteiger partial charge in [0.1, 0.15) is 0 Å². The molecule has 4 N–H and O–H groups in total. The van der Waals surface area contributed by atoms with Crippen LogP contribution in [0.3, 0.4) is 0 Å². The van der Waals surface area contributed by atoms with Crippen molar-refractivity contribution in [2.75, 3.05) is 6.54 Å². The third kappa shape index (κ3) is 6.04. The van der Waals surface area contributed by atoms with Crippen molar-refractivity contribution in [2.24, 2.45) is 5.73 Å². The van der Waals surface area contributed by atoms with Crippen LogP contribution in [0, 0.1) is 0 Å². The zero-order valence-electron chi connectivity index (χ0n) is 19.6. The molecule has 0 aliphatic heterocycles. The summed E-state index contributed by atoms with van der Waals surface area (Å²) >= 11 is 0. The first-order valence-electron chi connectivity index (χ1n) is 12.3. The van der Waals surface area contributed by atoms with E-state index in [0.717, 1.165) is 51.0 Å². The van der Waals surface area contributed by atoms with Crippen molar-refractivity contribution in [3.8, 4) is 11.3 Å². The van der Waals surface area contributed by atoms with E-state index in [2.05, 4.69) is 15.7 Å². The lowest BCUT2D eigenvalue weighted by Gasteiger charge is -2.27. The van der Waals surface area contributed by atoms with E-state index in [9.17, 15) is 22.8 Å². The summed E-state index contributed by atoms with van der Waals surface area (Å²) in [6.07, 6.45) is 2.47. The molecular formula is C25H32F3N5O2. The van der Waals surface area contributed by atoms with Gasteiger partial charge in [-0.25, -0.2) is 0 Å². The van der Waals surface area contributed by atoms with Crippen LogP contribution in [0.2, 0.25) is 0 Å². The summed E-state index contributed by atoms with van der Waals surface area (Å²) < 4.78 is 42.8. The SMILES string of the molecule is NCCC(CC(=O)NC1CCC1)NC(=O)c1cc(-c2ccccc2C(F)(F)F)n(C2CCCC2)n1. The average Bonchev–Trinajstić information content (AvgIpc) is 3.46. The van der Waals surface area contributed by atoms with Gasteiger partial charge in [0.25, 0.3) is 5.91 Å². The van der Waals surface area contributed by atoms with Crippen molar-refractivity contribution in [1.29, 1.82) is 0 Å². The fourth-order valence-corrected chi connectivity index (χ4v) is 4.84. The molecule has 1 aromatic carbocycles. The minimum Gasteiger partial charge on any atom is -0.353 e. The Morgan fingerprint density at radius 3 is 2.46 bits per heavy atom. The Hall–Kier alpha value is -2.88. The van der Waals surface area contributed by atoms with Crippen LogP contribution in [0.25, 0.3) is 11.3 Å². The zero-order valence-corrected chi connectivity index (χ0v) is 19.6. The van der Waals surface area contributed by atoms with Gasteiger partial charge in [-0.3, -0.25) is 14.3 Å². The summed E-state index contributed by atoms with van der Waals surface area (Å²) in [5.41, 5.74) is 5.23. The van der Waals surface area contributed by atoms with E-state index in [1.165, 1.54) is 18.2 Å². The molecule has 35 heavy (non-hydrogen) atoms. The first-order valence-corrected chi connectivity index (χ1v) is 12.3. The summed E-state index contributed by atoms with van der Waals surface area (Å²) in [5.74, 6) is -0.674. The molecule has 2 fully saturated rings. The minimum atomic E-state index is -4.54. The van der Waals surface area contributed by atoms with Crippen LogP contribution in [0.15, 0.2) is 30.3 Å². The molecule has 2 aromatic rings. The van der Waals surface area contributed by atoms with E-state index >= 15 is 0 Å². The Kier molecular flexibility index (Phi) is 7.78. The molecule has 4 rings (SSSR count). The molecule has 2 aliphatic rings. The zero-order chi connectivity index (χ0) is 25.0. The van der Waals surface area contributed by atoms with Gasteiger partial charge < -0.3 is 16.4 Å². The summed E-state index contributed by atoms with van der Waals surface area (Å²) in [6.45, 7) is 0.280. The molecule has 0 bridgehead atoms. The smallest absolute Gasteiger partial charge is 0.353 e. The van der Waals surface area contributed by atoms with Gasteiger partial charge in [0, 0.05) is 24.1 Å². The van der Waals surface area contributed by atoms with Gasteiger partial charge >= 0.3 is 6.18 Å². The molecule has 1 aromatic heterocycles. The number of hydrogen-bond donors (Lipinski definition) is 3. The van der Waals surface area contributed by atoms with Gasteiger partial charge in [-0.2, -0.15) is 18.3 Å². The number of nitrogens with one attached hydrogen (secondary N) is 2. The van der Waals surface area contributed by atoms with Crippen molar-refractivity contribution in [2.45, 2.75) is 82.1 Å². The fourth-order valence-electron chi connectivity index (χ4n) is 4.84. The Bertz CT molecular complexity index is 1040. The number of rotatable bonds is 9. The van der Waals surface area contributed by atoms with E-state index in [4.69, 9.17) is 5.73 Å². The Morgan fingerprint density at radius 1 is 1.11 bits per heavy atom. The van der Waals surface area contributed by atoms with Crippen LogP contribution in [0.5, 0.6) is 0 Å². The number of carbonyl (C=O) groups is 2. The van der Waals surface area contributed by atoms with Crippen molar-refractivity contribution >= 4 is 11.8 Å². The van der Waals surface area contributed by atoms with Gasteiger partial charge in [-0.1, -0.05) is 31.0 Å². The number of benzene rings is 1. The molecule has 1 heterocycles. The van der Waals surface area contributed by atoms with Gasteiger partial charge in [-0.15, -0.1) is 0 Å². The van der Waals surface area contributed by atoms with Crippen LogP contribution in [0.4, 0.5) is 13.2 Å². The number of alkyl halides is 3. The van der Waals surface area contributed by atoms with Gasteiger partial charge in [-0.05, 0) is 57.2 Å². The number of amides is 2. The summed E-state index contributed by atoms with van der Waals surface area (Å²) in [6, 6.07) is 6.41. The molecule has 2 saturated carbocycles. The fraction of sp³-hybridized carbons (Fsp3) is 0.560. The molecule has 10 heteroatoms. The van der Waals surface area contributed by atoms with Crippen LogP contribution >= 0.6 is 0 Å². The Morgan fingerprint density at radius 2 is 1.83 bits per heavy atom. The quantitative estimate of drug-likeness (QED) is 0.490. The van der Waals surface area contributed by atoms with Crippen LogP contribution < -0.4 is 16.4 Å². The van der Waals surface area contributed by atoms with E-state index < -0.39 is 23.7 Å². The van der Waals surface area contributed by atoms with E-state index in [1.54, 1.807) is 10.7 Å². The maximum absolute atomic E-state index is 13.7. The van der Waals surface area contributed by atoms with E-state index in [0.29, 0.717) is 6.42 Å². The van der Waals surface area contributed by atoms with Gasteiger partial charge in [0.05, 0.1) is 17.3 Å². The minimum absolute atomic E-state index is 0.00293. The number of carbonyl (C=O) groups excluding carboxylic acids is 2. The van der Waals surface area contributed by atoms with Crippen LogP contribution in [0.1, 0.15) is 79.9 Å². The predicted molar refractivity (Wildman–Crippen MR) is 125 cm³/mol.